The molecule has 5 nitrogen and oxygen atoms in total. The number of aromatic nitrogens is 1. The Bertz CT molecular complexity index is 490. The molecule has 1 fully saturated rings. The number of carboxylic acid groups (broad SMARTS) is 1. The van der Waals surface area contributed by atoms with E-state index in [-0.39, 0.29) is 22.6 Å². The van der Waals surface area contributed by atoms with Gasteiger partial charge in [0.2, 0.25) is 5.91 Å². The van der Waals surface area contributed by atoms with E-state index in [0.29, 0.717) is 0 Å². The largest absolute Gasteiger partial charge is 0.480 e. The molecule has 1 aromatic rings. The van der Waals surface area contributed by atoms with Crippen molar-refractivity contribution in [2.24, 2.45) is 5.92 Å². The number of alkyl halides is 1. The standard InChI is InChI=1S/C13H15BrN2O3/c1-13(14)7-9(13)11(17)16-10(12(18)19)6-8-2-4-15-5-3-8/h2-5,9-10H,6-7H2,1H3,(H,16,17)(H,18,19). The van der Waals surface area contributed by atoms with E-state index in [2.05, 4.69) is 26.2 Å². The summed E-state index contributed by atoms with van der Waals surface area (Å²) in [5.41, 5.74) is 0.833. The van der Waals surface area contributed by atoms with Crippen LogP contribution in [0.15, 0.2) is 24.5 Å². The monoisotopic (exact) mass is 326 g/mol. The van der Waals surface area contributed by atoms with Crippen LogP contribution in [-0.4, -0.2) is 32.3 Å². The highest BCUT2D eigenvalue weighted by Crippen LogP contribution is 2.50. The summed E-state index contributed by atoms with van der Waals surface area (Å²) in [5.74, 6) is -1.38. The lowest BCUT2D eigenvalue weighted by molar-refractivity contribution is -0.142. The first-order valence-corrected chi connectivity index (χ1v) is 6.80. The number of halogens is 1. The van der Waals surface area contributed by atoms with Gasteiger partial charge < -0.3 is 10.4 Å². The smallest absolute Gasteiger partial charge is 0.326 e. The summed E-state index contributed by atoms with van der Waals surface area (Å²) < 4.78 is -0.184. The van der Waals surface area contributed by atoms with Crippen LogP contribution in [0.4, 0.5) is 0 Å². The first-order valence-electron chi connectivity index (χ1n) is 6.01. The molecule has 2 N–H and O–H groups in total. The molecule has 6 heteroatoms. The van der Waals surface area contributed by atoms with Gasteiger partial charge in [-0.05, 0) is 31.0 Å². The van der Waals surface area contributed by atoms with Crippen molar-refractivity contribution in [3.05, 3.63) is 30.1 Å². The molecular formula is C13H15BrN2O3. The van der Waals surface area contributed by atoms with Gasteiger partial charge in [-0.2, -0.15) is 0 Å². The number of carbonyl (C=O) groups is 2. The average Bonchev–Trinajstić information content (AvgIpc) is 2.99. The fraction of sp³-hybridized carbons (Fsp3) is 0.462. The van der Waals surface area contributed by atoms with Crippen LogP contribution in [0, 0.1) is 5.92 Å². The molecule has 0 aromatic carbocycles. The second-order valence-electron chi connectivity index (χ2n) is 4.99. The van der Waals surface area contributed by atoms with Crippen molar-refractivity contribution in [2.75, 3.05) is 0 Å². The van der Waals surface area contributed by atoms with Crippen LogP contribution < -0.4 is 5.32 Å². The Kier molecular flexibility index (Phi) is 3.89. The molecular weight excluding hydrogens is 312 g/mol. The molecule has 0 aliphatic heterocycles. The molecule has 19 heavy (non-hydrogen) atoms. The number of carbonyl (C=O) groups excluding carboxylic acids is 1. The minimum atomic E-state index is -1.03. The first-order chi connectivity index (χ1) is 8.90. The van der Waals surface area contributed by atoms with Gasteiger partial charge in [0.1, 0.15) is 6.04 Å². The second-order valence-corrected chi connectivity index (χ2v) is 6.81. The number of nitrogens with zero attached hydrogens (tertiary/aromatic N) is 1. The Morgan fingerprint density at radius 1 is 1.58 bits per heavy atom. The van der Waals surface area contributed by atoms with E-state index in [9.17, 15) is 14.7 Å². The summed E-state index contributed by atoms with van der Waals surface area (Å²) >= 11 is 3.43. The number of hydrogen-bond donors (Lipinski definition) is 2. The molecule has 0 spiro atoms. The summed E-state index contributed by atoms with van der Waals surface area (Å²) in [4.78, 5) is 27.0. The molecule has 2 rings (SSSR count). The topological polar surface area (TPSA) is 79.3 Å². The molecule has 0 saturated heterocycles. The zero-order valence-electron chi connectivity index (χ0n) is 10.5. The lowest BCUT2D eigenvalue weighted by Gasteiger charge is -2.15. The van der Waals surface area contributed by atoms with Crippen molar-refractivity contribution < 1.29 is 14.7 Å². The van der Waals surface area contributed by atoms with Gasteiger partial charge in [-0.25, -0.2) is 4.79 Å². The number of hydrogen-bond acceptors (Lipinski definition) is 3. The number of aliphatic carboxylic acids is 1. The number of pyridine rings is 1. The lowest BCUT2D eigenvalue weighted by Crippen LogP contribution is -2.43. The third kappa shape index (κ3) is 3.53. The highest BCUT2D eigenvalue weighted by molar-refractivity contribution is 9.10. The minimum absolute atomic E-state index is 0.146. The van der Waals surface area contributed by atoms with E-state index in [4.69, 9.17) is 0 Å². The van der Waals surface area contributed by atoms with Gasteiger partial charge in [0.25, 0.3) is 0 Å². The predicted molar refractivity (Wildman–Crippen MR) is 72.9 cm³/mol. The van der Waals surface area contributed by atoms with Crippen molar-refractivity contribution in [1.29, 1.82) is 0 Å². The van der Waals surface area contributed by atoms with E-state index in [1.165, 1.54) is 0 Å². The summed E-state index contributed by atoms with van der Waals surface area (Å²) in [7, 11) is 0. The van der Waals surface area contributed by atoms with E-state index in [1.54, 1.807) is 24.5 Å². The molecule has 1 aromatic heterocycles. The Labute approximate surface area is 119 Å². The van der Waals surface area contributed by atoms with Crippen LogP contribution in [0.5, 0.6) is 0 Å². The third-order valence-corrected chi connectivity index (χ3v) is 4.17. The van der Waals surface area contributed by atoms with Gasteiger partial charge in [-0.1, -0.05) is 15.9 Å². The third-order valence-electron chi connectivity index (χ3n) is 3.29. The fourth-order valence-electron chi connectivity index (χ4n) is 1.93. The van der Waals surface area contributed by atoms with Crippen molar-refractivity contribution in [1.82, 2.24) is 10.3 Å². The number of nitrogens with one attached hydrogen (secondary N) is 1. The predicted octanol–water partition coefficient (Wildman–Crippen LogP) is 1.37. The van der Waals surface area contributed by atoms with Gasteiger partial charge in [0, 0.05) is 23.1 Å². The first kappa shape index (κ1) is 14.0. The van der Waals surface area contributed by atoms with Crippen molar-refractivity contribution in [3.8, 4) is 0 Å². The summed E-state index contributed by atoms with van der Waals surface area (Å²) in [5, 5.41) is 11.8. The fourth-order valence-corrected chi connectivity index (χ4v) is 2.46. The summed E-state index contributed by atoms with van der Waals surface area (Å²) in [6.07, 6.45) is 4.20. The highest BCUT2D eigenvalue weighted by atomic mass is 79.9. The quantitative estimate of drug-likeness (QED) is 0.801. The van der Waals surface area contributed by atoms with Gasteiger partial charge in [0.05, 0.1) is 5.92 Å². The minimum Gasteiger partial charge on any atom is -0.480 e. The Morgan fingerprint density at radius 2 is 2.16 bits per heavy atom. The summed E-state index contributed by atoms with van der Waals surface area (Å²) in [6.45, 7) is 1.93. The zero-order valence-corrected chi connectivity index (χ0v) is 12.1. The van der Waals surface area contributed by atoms with Crippen LogP contribution in [0.25, 0.3) is 0 Å². The highest BCUT2D eigenvalue weighted by Gasteiger charge is 2.53. The second kappa shape index (κ2) is 5.28. The Morgan fingerprint density at radius 3 is 2.63 bits per heavy atom. The number of rotatable bonds is 5. The molecule has 1 amide bonds. The molecule has 1 saturated carbocycles. The normalized spacial score (nSPS) is 26.5. The van der Waals surface area contributed by atoms with Crippen LogP contribution in [0.3, 0.4) is 0 Å². The molecule has 1 heterocycles. The number of carboxylic acids is 1. The molecule has 1 aliphatic rings. The van der Waals surface area contributed by atoms with Crippen LogP contribution >= 0.6 is 15.9 Å². The maximum Gasteiger partial charge on any atom is 0.326 e. The molecule has 1 aliphatic carbocycles. The Balaban J connectivity index is 1.98. The van der Waals surface area contributed by atoms with Gasteiger partial charge >= 0.3 is 5.97 Å². The number of amides is 1. The molecule has 0 bridgehead atoms. The summed E-state index contributed by atoms with van der Waals surface area (Å²) in [6, 6.07) is 2.58. The van der Waals surface area contributed by atoms with Crippen LogP contribution in [0.1, 0.15) is 18.9 Å². The lowest BCUT2D eigenvalue weighted by atomic mass is 10.1. The van der Waals surface area contributed by atoms with Crippen molar-refractivity contribution >= 4 is 27.8 Å². The maximum atomic E-state index is 11.9. The van der Waals surface area contributed by atoms with Crippen LogP contribution in [-0.2, 0) is 16.0 Å². The van der Waals surface area contributed by atoms with Crippen LogP contribution in [0.2, 0.25) is 0 Å². The molecule has 0 radical (unpaired) electrons. The van der Waals surface area contributed by atoms with Gasteiger partial charge in [-0.15, -0.1) is 0 Å². The van der Waals surface area contributed by atoms with E-state index < -0.39 is 12.0 Å². The van der Waals surface area contributed by atoms with E-state index in [0.717, 1.165) is 12.0 Å². The molecule has 3 unspecified atom stereocenters. The zero-order chi connectivity index (χ0) is 14.0. The molecule has 3 atom stereocenters. The van der Waals surface area contributed by atoms with Gasteiger partial charge in [0.15, 0.2) is 0 Å². The average molecular weight is 327 g/mol. The van der Waals surface area contributed by atoms with E-state index >= 15 is 0 Å². The maximum absolute atomic E-state index is 11.9. The van der Waals surface area contributed by atoms with Crippen molar-refractivity contribution in [3.63, 3.8) is 0 Å². The SMILES string of the molecule is CC1(Br)CC1C(=O)NC(Cc1ccncc1)C(=O)O. The molecule has 102 valence electrons. The van der Waals surface area contributed by atoms with Gasteiger partial charge in [-0.3, -0.25) is 9.78 Å². The Hall–Kier alpha value is -1.43. The van der Waals surface area contributed by atoms with E-state index in [1.807, 2.05) is 6.92 Å². The van der Waals surface area contributed by atoms with Crippen molar-refractivity contribution in [2.45, 2.75) is 30.1 Å².